The largest absolute Gasteiger partial charge is 0.481 e. The van der Waals surface area contributed by atoms with Crippen molar-refractivity contribution < 1.29 is 24.3 Å². The number of carboxylic acids is 1. The van der Waals surface area contributed by atoms with Crippen molar-refractivity contribution in [1.29, 1.82) is 0 Å². The van der Waals surface area contributed by atoms with Gasteiger partial charge in [0.15, 0.2) is 0 Å². The molecule has 3 N–H and O–H groups in total. The number of nitrogens with zero attached hydrogens (tertiary/aromatic N) is 3. The summed E-state index contributed by atoms with van der Waals surface area (Å²) in [5.74, 6) is 0.148. The molecule has 2 aromatic heterocycles. The molecule has 4 rings (SSSR count). The molecule has 2 atom stereocenters. The van der Waals surface area contributed by atoms with Crippen LogP contribution in [0.15, 0.2) is 41.1 Å². The Balaban J connectivity index is 0.00000149. The summed E-state index contributed by atoms with van der Waals surface area (Å²) in [5, 5.41) is 24.0. The molecule has 1 aliphatic rings. The van der Waals surface area contributed by atoms with Crippen molar-refractivity contribution in [2.75, 3.05) is 12.4 Å². The van der Waals surface area contributed by atoms with Crippen LogP contribution in [0.3, 0.4) is 0 Å². The lowest BCUT2D eigenvalue weighted by Gasteiger charge is -2.14. The van der Waals surface area contributed by atoms with Gasteiger partial charge in [0, 0.05) is 30.6 Å². The number of hydrogen-bond acceptors (Lipinski definition) is 8. The monoisotopic (exact) mass is 474 g/mol. The number of aliphatic carboxylic acids is 1. The molecule has 0 radical (unpaired) electrons. The van der Waals surface area contributed by atoms with Crippen molar-refractivity contribution in [1.82, 2.24) is 15.1 Å². The van der Waals surface area contributed by atoms with Crippen molar-refractivity contribution in [3.63, 3.8) is 0 Å². The van der Waals surface area contributed by atoms with E-state index in [0.29, 0.717) is 41.0 Å². The Morgan fingerprint density at radius 3 is 2.55 bits per heavy atom. The minimum Gasteiger partial charge on any atom is -0.481 e. The van der Waals surface area contributed by atoms with Gasteiger partial charge in [0.05, 0.1) is 17.6 Å². The molecule has 3 aromatic rings. The molecular formula is C23H27ClN4O5. The van der Waals surface area contributed by atoms with Gasteiger partial charge in [0.25, 0.3) is 5.89 Å². The van der Waals surface area contributed by atoms with Crippen molar-refractivity contribution in [3.05, 3.63) is 41.6 Å². The van der Waals surface area contributed by atoms with Gasteiger partial charge in [-0.2, -0.15) is 4.98 Å². The number of pyridine rings is 1. The van der Waals surface area contributed by atoms with Gasteiger partial charge in [-0.15, -0.1) is 0 Å². The number of ether oxygens (including phenoxy) is 1. The minimum absolute atomic E-state index is 0.0319. The summed E-state index contributed by atoms with van der Waals surface area (Å²) in [7, 11) is 1.00. The summed E-state index contributed by atoms with van der Waals surface area (Å²) in [6.07, 6.45) is 3.75. The number of carboxylic acid groups (broad SMARTS) is 1. The third-order valence-electron chi connectivity index (χ3n) is 5.12. The van der Waals surface area contributed by atoms with Crippen molar-refractivity contribution in [2.24, 2.45) is 5.92 Å². The number of nitrogens with one attached hydrogen (secondary N) is 1. The maximum atomic E-state index is 11.1. The van der Waals surface area contributed by atoms with Gasteiger partial charge in [-0.3, -0.25) is 4.79 Å². The number of rotatable bonds is 7. The molecule has 1 aromatic carbocycles. The van der Waals surface area contributed by atoms with Crippen LogP contribution in [-0.4, -0.2) is 50.6 Å². The number of aliphatic hydroxyl groups excluding tert-OH is 1. The lowest BCUT2D eigenvalue weighted by atomic mass is 10.1. The quantitative estimate of drug-likeness (QED) is 0.452. The molecule has 1 aliphatic carbocycles. The molecule has 2 heterocycles. The number of carbonyl (C=O) groups is 1. The molecule has 10 heteroatoms. The first-order valence-corrected chi connectivity index (χ1v) is 11.0. The fourth-order valence-electron chi connectivity index (χ4n) is 3.60. The molecule has 0 spiro atoms. The number of anilines is 1. The highest BCUT2D eigenvalue weighted by atomic mass is 35.5. The van der Waals surface area contributed by atoms with E-state index in [1.807, 2.05) is 38.1 Å². The third kappa shape index (κ3) is 6.21. The fraction of sp³-hybridized carbons (Fsp3) is 0.391. The molecule has 0 bridgehead atoms. The number of halogens is 1. The molecule has 176 valence electrons. The van der Waals surface area contributed by atoms with Crippen LogP contribution >= 0.6 is 11.6 Å². The van der Waals surface area contributed by atoms with E-state index >= 15 is 0 Å². The summed E-state index contributed by atoms with van der Waals surface area (Å²) < 4.78 is 10.9. The Kier molecular flexibility index (Phi) is 8.24. The maximum Gasteiger partial charge on any atom is 0.306 e. The smallest absolute Gasteiger partial charge is 0.306 e. The van der Waals surface area contributed by atoms with Gasteiger partial charge >= 0.3 is 5.97 Å². The standard InChI is InChI=1S/C22H23ClN4O4.CH4O/c1-12(2)30-21-18(23)10-15(11-24-21)20-26-19(27-31-20)13-3-6-16(7-4-13)25-17-8-5-14(9-17)22(28)29;1-2/h3-4,6-7,10-12,14,17,25H,5,8-9H2,1-2H3,(H,28,29);2H,1H3/t14-,17+;/m1./s1. The Labute approximate surface area is 196 Å². The second-order valence-electron chi connectivity index (χ2n) is 7.87. The van der Waals surface area contributed by atoms with E-state index in [1.54, 1.807) is 12.3 Å². The van der Waals surface area contributed by atoms with E-state index in [-0.39, 0.29) is 18.1 Å². The third-order valence-corrected chi connectivity index (χ3v) is 5.39. The van der Waals surface area contributed by atoms with E-state index in [2.05, 4.69) is 20.4 Å². The maximum absolute atomic E-state index is 11.1. The first kappa shape index (κ1) is 24.5. The SMILES string of the molecule is CC(C)Oc1ncc(-c2nc(-c3ccc(N[C@H]4CC[C@@H](C(=O)O)C4)cc3)no2)cc1Cl.CO. The second kappa shape index (κ2) is 11.1. The van der Waals surface area contributed by atoms with Crippen LogP contribution in [-0.2, 0) is 4.79 Å². The predicted molar refractivity (Wildman–Crippen MR) is 124 cm³/mol. The minimum atomic E-state index is -0.717. The van der Waals surface area contributed by atoms with Gasteiger partial charge in [0.1, 0.15) is 5.02 Å². The topological polar surface area (TPSA) is 131 Å². The number of aliphatic hydroxyl groups is 1. The number of benzene rings is 1. The van der Waals surface area contributed by atoms with E-state index in [1.165, 1.54) is 0 Å². The zero-order chi connectivity index (χ0) is 24.0. The zero-order valence-corrected chi connectivity index (χ0v) is 19.4. The summed E-state index contributed by atoms with van der Waals surface area (Å²) in [6.45, 7) is 3.80. The molecule has 0 unspecified atom stereocenters. The highest BCUT2D eigenvalue weighted by molar-refractivity contribution is 6.32. The van der Waals surface area contributed by atoms with E-state index in [4.69, 9.17) is 31.1 Å². The van der Waals surface area contributed by atoms with Gasteiger partial charge in [-0.05, 0) is 63.4 Å². The second-order valence-corrected chi connectivity index (χ2v) is 8.27. The summed E-state index contributed by atoms with van der Waals surface area (Å²) in [6, 6.07) is 9.49. The lowest BCUT2D eigenvalue weighted by Crippen LogP contribution is -2.17. The molecule has 0 aliphatic heterocycles. The van der Waals surface area contributed by atoms with Crippen molar-refractivity contribution in [3.8, 4) is 28.7 Å². The Bertz CT molecular complexity index is 1070. The predicted octanol–water partition coefficient (Wildman–Crippen LogP) is 4.51. The summed E-state index contributed by atoms with van der Waals surface area (Å²) in [5.41, 5.74) is 2.33. The van der Waals surface area contributed by atoms with Crippen LogP contribution in [0.5, 0.6) is 5.88 Å². The average molecular weight is 475 g/mol. The Morgan fingerprint density at radius 2 is 1.94 bits per heavy atom. The first-order chi connectivity index (χ1) is 15.9. The van der Waals surface area contributed by atoms with Crippen molar-refractivity contribution in [2.45, 2.75) is 45.3 Å². The van der Waals surface area contributed by atoms with Crippen LogP contribution in [0.25, 0.3) is 22.8 Å². The van der Waals surface area contributed by atoms with Gasteiger partial charge in [-0.1, -0.05) is 16.8 Å². The number of hydrogen-bond donors (Lipinski definition) is 3. The number of aromatic nitrogens is 3. The van der Waals surface area contributed by atoms with Crippen LogP contribution in [0.1, 0.15) is 33.1 Å². The van der Waals surface area contributed by atoms with E-state index in [0.717, 1.165) is 24.8 Å². The molecule has 1 fully saturated rings. The lowest BCUT2D eigenvalue weighted by molar-refractivity contribution is -0.141. The van der Waals surface area contributed by atoms with Crippen LogP contribution < -0.4 is 10.1 Å². The zero-order valence-electron chi connectivity index (χ0n) is 18.7. The molecule has 1 saturated carbocycles. The molecule has 0 amide bonds. The molecule has 9 nitrogen and oxygen atoms in total. The molecule has 33 heavy (non-hydrogen) atoms. The Morgan fingerprint density at radius 1 is 1.21 bits per heavy atom. The van der Waals surface area contributed by atoms with Crippen LogP contribution in [0.4, 0.5) is 5.69 Å². The van der Waals surface area contributed by atoms with Crippen LogP contribution in [0.2, 0.25) is 5.02 Å². The Hall–Kier alpha value is -3.17. The van der Waals surface area contributed by atoms with Gasteiger partial charge < -0.3 is 24.8 Å². The average Bonchev–Trinajstić information content (AvgIpc) is 3.47. The molecular weight excluding hydrogens is 448 g/mol. The van der Waals surface area contributed by atoms with E-state index < -0.39 is 5.97 Å². The van der Waals surface area contributed by atoms with E-state index in [9.17, 15) is 4.79 Å². The van der Waals surface area contributed by atoms with Gasteiger partial charge in [0.2, 0.25) is 11.7 Å². The highest BCUT2D eigenvalue weighted by Crippen LogP contribution is 2.31. The highest BCUT2D eigenvalue weighted by Gasteiger charge is 2.29. The van der Waals surface area contributed by atoms with Crippen molar-refractivity contribution >= 4 is 23.3 Å². The first-order valence-electron chi connectivity index (χ1n) is 10.6. The van der Waals surface area contributed by atoms with Crippen LogP contribution in [0, 0.1) is 5.92 Å². The molecule has 0 saturated heterocycles. The summed E-state index contributed by atoms with van der Waals surface area (Å²) in [4.78, 5) is 19.8. The summed E-state index contributed by atoms with van der Waals surface area (Å²) >= 11 is 6.24. The normalized spacial score (nSPS) is 17.4. The fourth-order valence-corrected chi connectivity index (χ4v) is 3.81. The van der Waals surface area contributed by atoms with Gasteiger partial charge in [-0.25, -0.2) is 4.98 Å².